The Morgan fingerprint density at radius 1 is 1.13 bits per heavy atom. The van der Waals surface area contributed by atoms with Gasteiger partial charge in [-0.1, -0.05) is 37.5 Å². The van der Waals surface area contributed by atoms with Gasteiger partial charge in [0.1, 0.15) is 0 Å². The highest BCUT2D eigenvalue weighted by Crippen LogP contribution is 2.47. The number of rotatable bonds is 3. The van der Waals surface area contributed by atoms with Gasteiger partial charge in [-0.2, -0.15) is 0 Å². The highest BCUT2D eigenvalue weighted by molar-refractivity contribution is 8.02. The zero-order chi connectivity index (χ0) is 15.7. The number of anilines is 1. The zero-order valence-electron chi connectivity index (χ0n) is 13.9. The van der Waals surface area contributed by atoms with Gasteiger partial charge < -0.3 is 14.3 Å². The summed E-state index contributed by atoms with van der Waals surface area (Å²) in [5.74, 6) is 0.896. The van der Waals surface area contributed by atoms with Gasteiger partial charge in [-0.3, -0.25) is 0 Å². The van der Waals surface area contributed by atoms with Crippen LogP contribution >= 0.6 is 11.9 Å². The molecule has 0 amide bonds. The monoisotopic (exact) mass is 332 g/mol. The molecular formula is C19H28N2OS. The highest BCUT2D eigenvalue weighted by Gasteiger charge is 2.51. The van der Waals surface area contributed by atoms with Crippen LogP contribution in [0, 0.1) is 5.92 Å². The minimum absolute atomic E-state index is 0.0184. The normalized spacial score (nSPS) is 32.9. The number of nitrogens with zero attached hydrogens (tertiary/aromatic N) is 2. The number of hydrogen-bond acceptors (Lipinski definition) is 4. The van der Waals surface area contributed by atoms with Crippen LogP contribution in [-0.4, -0.2) is 47.0 Å². The number of hydrogen-bond donors (Lipinski definition) is 1. The van der Waals surface area contributed by atoms with Crippen molar-refractivity contribution < 1.29 is 5.11 Å². The van der Waals surface area contributed by atoms with Crippen molar-refractivity contribution in [1.29, 1.82) is 0 Å². The van der Waals surface area contributed by atoms with Crippen LogP contribution in [0.5, 0.6) is 0 Å². The van der Waals surface area contributed by atoms with E-state index in [4.69, 9.17) is 0 Å². The summed E-state index contributed by atoms with van der Waals surface area (Å²) in [7, 11) is 0. The Hall–Kier alpha value is -0.710. The van der Waals surface area contributed by atoms with Gasteiger partial charge in [0.05, 0.1) is 17.4 Å². The summed E-state index contributed by atoms with van der Waals surface area (Å²) in [5, 5.41) is 10.7. The molecule has 3 fully saturated rings. The van der Waals surface area contributed by atoms with Crippen molar-refractivity contribution in [2.24, 2.45) is 5.92 Å². The predicted octanol–water partition coefficient (Wildman–Crippen LogP) is 3.54. The molecule has 3 nitrogen and oxygen atoms in total. The predicted molar refractivity (Wildman–Crippen MR) is 97.7 cm³/mol. The quantitative estimate of drug-likeness (QED) is 0.857. The Balaban J connectivity index is 1.39. The second-order valence-corrected chi connectivity index (χ2v) is 8.99. The number of β-amino-alcohol motifs (C(OH)–C–C–N with tert-alkyl or cyclic N) is 1. The summed E-state index contributed by atoms with van der Waals surface area (Å²) in [6.45, 7) is 4.22. The maximum Gasteiger partial charge on any atom is 0.0902 e. The van der Waals surface area contributed by atoms with Gasteiger partial charge in [-0.15, -0.1) is 0 Å². The van der Waals surface area contributed by atoms with E-state index in [-0.39, 0.29) is 10.9 Å². The first-order valence-corrected chi connectivity index (χ1v) is 9.95. The lowest BCUT2D eigenvalue weighted by Crippen LogP contribution is -2.40. The third kappa shape index (κ3) is 3.26. The SMILES string of the molecule is O[C@H]1CN(c2ccccc2)S[C@@]12CCN(CC1CCCCC1)C2. The first-order chi connectivity index (χ1) is 11.3. The molecule has 126 valence electrons. The number of aliphatic hydroxyl groups is 1. The summed E-state index contributed by atoms with van der Waals surface area (Å²) >= 11 is 1.89. The number of aliphatic hydroxyl groups excluding tert-OH is 1. The molecule has 1 aromatic rings. The van der Waals surface area contributed by atoms with E-state index in [1.807, 2.05) is 11.9 Å². The molecule has 4 heteroatoms. The molecule has 1 aliphatic carbocycles. The van der Waals surface area contributed by atoms with Crippen LogP contribution in [0.3, 0.4) is 0 Å². The second-order valence-electron chi connectivity index (χ2n) is 7.56. The van der Waals surface area contributed by atoms with Crippen molar-refractivity contribution in [3.05, 3.63) is 30.3 Å². The van der Waals surface area contributed by atoms with Gasteiger partial charge >= 0.3 is 0 Å². The van der Waals surface area contributed by atoms with Crippen molar-refractivity contribution in [2.75, 3.05) is 30.5 Å². The van der Waals surface area contributed by atoms with Crippen LogP contribution in [0.2, 0.25) is 0 Å². The second kappa shape index (κ2) is 6.66. The van der Waals surface area contributed by atoms with Crippen LogP contribution < -0.4 is 4.31 Å². The summed E-state index contributed by atoms with van der Waals surface area (Å²) in [6, 6.07) is 10.5. The average Bonchev–Trinajstić information content (AvgIpc) is 3.14. The van der Waals surface area contributed by atoms with Crippen LogP contribution in [0.4, 0.5) is 5.69 Å². The van der Waals surface area contributed by atoms with Crippen molar-refractivity contribution in [3.63, 3.8) is 0 Å². The van der Waals surface area contributed by atoms with E-state index >= 15 is 0 Å². The van der Waals surface area contributed by atoms with Gasteiger partial charge in [0.15, 0.2) is 0 Å². The Labute approximate surface area is 144 Å². The van der Waals surface area contributed by atoms with Crippen molar-refractivity contribution in [3.8, 4) is 0 Å². The van der Waals surface area contributed by atoms with Gasteiger partial charge in [0, 0.05) is 18.8 Å². The molecule has 0 bridgehead atoms. The average molecular weight is 333 g/mol. The van der Waals surface area contributed by atoms with E-state index in [1.54, 1.807) is 0 Å². The molecule has 0 aromatic heterocycles. The molecule has 2 atom stereocenters. The van der Waals surface area contributed by atoms with Gasteiger partial charge in [-0.05, 0) is 55.8 Å². The third-order valence-electron chi connectivity index (χ3n) is 5.87. The van der Waals surface area contributed by atoms with Crippen molar-refractivity contribution in [2.45, 2.75) is 49.4 Å². The summed E-state index contributed by atoms with van der Waals surface area (Å²) in [5.41, 5.74) is 1.22. The largest absolute Gasteiger partial charge is 0.390 e. The Bertz CT molecular complexity index is 519. The molecule has 1 aromatic carbocycles. The van der Waals surface area contributed by atoms with Crippen LogP contribution in [0.1, 0.15) is 38.5 Å². The van der Waals surface area contributed by atoms with E-state index in [0.29, 0.717) is 0 Å². The lowest BCUT2D eigenvalue weighted by Gasteiger charge is -2.29. The molecule has 1 saturated carbocycles. The van der Waals surface area contributed by atoms with E-state index < -0.39 is 0 Å². The lowest BCUT2D eigenvalue weighted by molar-refractivity contribution is 0.142. The minimum atomic E-state index is -0.218. The van der Waals surface area contributed by atoms with E-state index in [1.165, 1.54) is 44.3 Å². The number of benzene rings is 1. The Kier molecular flexibility index (Phi) is 4.57. The minimum Gasteiger partial charge on any atom is -0.390 e. The van der Waals surface area contributed by atoms with Crippen LogP contribution in [0.25, 0.3) is 0 Å². The van der Waals surface area contributed by atoms with E-state index in [9.17, 15) is 5.11 Å². The van der Waals surface area contributed by atoms with Crippen molar-refractivity contribution in [1.82, 2.24) is 4.90 Å². The molecule has 4 rings (SSSR count). The standard InChI is InChI=1S/C19H28N2OS/c22-18-14-21(17-9-5-2-6-10-17)23-19(18)11-12-20(15-19)13-16-7-3-1-4-8-16/h2,5-6,9-10,16,18,22H,1,3-4,7-8,11-15H2/t18-,19+/m0/s1. The zero-order valence-corrected chi connectivity index (χ0v) is 14.7. The topological polar surface area (TPSA) is 26.7 Å². The fraction of sp³-hybridized carbons (Fsp3) is 0.684. The van der Waals surface area contributed by atoms with Gasteiger partial charge in [0.2, 0.25) is 0 Å². The highest BCUT2D eigenvalue weighted by atomic mass is 32.2. The summed E-state index contributed by atoms with van der Waals surface area (Å²) in [6.07, 6.45) is 8.00. The molecule has 0 radical (unpaired) electrons. The van der Waals surface area contributed by atoms with E-state index in [0.717, 1.165) is 32.0 Å². The van der Waals surface area contributed by atoms with Crippen LogP contribution in [-0.2, 0) is 0 Å². The van der Waals surface area contributed by atoms with Gasteiger partial charge in [0.25, 0.3) is 0 Å². The van der Waals surface area contributed by atoms with E-state index in [2.05, 4.69) is 39.5 Å². The Morgan fingerprint density at radius 2 is 1.91 bits per heavy atom. The molecule has 1 N–H and O–H groups in total. The number of likely N-dealkylation sites (tertiary alicyclic amines) is 1. The molecule has 2 heterocycles. The molecule has 23 heavy (non-hydrogen) atoms. The van der Waals surface area contributed by atoms with Crippen LogP contribution in [0.15, 0.2) is 30.3 Å². The molecule has 2 aliphatic heterocycles. The summed E-state index contributed by atoms with van der Waals surface area (Å²) in [4.78, 5) is 2.63. The Morgan fingerprint density at radius 3 is 2.70 bits per heavy atom. The number of para-hydroxylation sites is 1. The van der Waals surface area contributed by atoms with Gasteiger partial charge in [-0.25, -0.2) is 0 Å². The fourth-order valence-corrected chi connectivity index (χ4v) is 6.02. The molecule has 1 spiro atoms. The molecule has 3 aliphatic rings. The lowest BCUT2D eigenvalue weighted by atomic mass is 9.89. The first kappa shape index (κ1) is 15.8. The maximum absolute atomic E-state index is 10.7. The molecule has 2 saturated heterocycles. The molecular weight excluding hydrogens is 304 g/mol. The fourth-order valence-electron chi connectivity index (χ4n) is 4.51. The first-order valence-electron chi connectivity index (χ1n) is 9.17. The third-order valence-corrected chi connectivity index (χ3v) is 7.42. The maximum atomic E-state index is 10.7. The summed E-state index contributed by atoms with van der Waals surface area (Å²) < 4.78 is 2.32. The molecule has 0 unspecified atom stereocenters. The van der Waals surface area contributed by atoms with Crippen molar-refractivity contribution >= 4 is 17.6 Å². The smallest absolute Gasteiger partial charge is 0.0902 e.